The van der Waals surface area contributed by atoms with Crippen LogP contribution >= 0.6 is 0 Å². The van der Waals surface area contributed by atoms with E-state index in [4.69, 9.17) is 9.47 Å². The molecule has 0 radical (unpaired) electrons. The summed E-state index contributed by atoms with van der Waals surface area (Å²) in [6.07, 6.45) is 1.99. The van der Waals surface area contributed by atoms with Crippen LogP contribution in [0.4, 0.5) is 0 Å². The van der Waals surface area contributed by atoms with Crippen LogP contribution in [0.15, 0.2) is 24.3 Å². The van der Waals surface area contributed by atoms with Gasteiger partial charge in [-0.05, 0) is 75.6 Å². The quantitative estimate of drug-likeness (QED) is 0.565. The summed E-state index contributed by atoms with van der Waals surface area (Å²) in [5.74, 6) is 1.79. The third-order valence-electron chi connectivity index (χ3n) is 3.52. The van der Waals surface area contributed by atoms with Gasteiger partial charge in [-0.25, -0.2) is 0 Å². The summed E-state index contributed by atoms with van der Waals surface area (Å²) in [6.45, 7) is 22.0. The first-order valence-electron chi connectivity index (χ1n) is 9.05. The molecule has 0 spiro atoms. The van der Waals surface area contributed by atoms with Gasteiger partial charge in [0.25, 0.3) is 0 Å². The van der Waals surface area contributed by atoms with E-state index in [1.54, 1.807) is 0 Å². The van der Waals surface area contributed by atoms with Crippen molar-refractivity contribution in [1.82, 2.24) is 0 Å². The van der Waals surface area contributed by atoms with Crippen LogP contribution in [0.5, 0.6) is 11.5 Å². The van der Waals surface area contributed by atoms with Crippen molar-refractivity contribution >= 4 is 0 Å². The molecule has 138 valence electrons. The van der Waals surface area contributed by atoms with Gasteiger partial charge in [0.15, 0.2) is 0 Å². The molecule has 0 saturated carbocycles. The maximum Gasteiger partial charge on any atom is 0.120 e. The fraction of sp³-hybridized carbons (Fsp3) is 0.727. The first-order valence-corrected chi connectivity index (χ1v) is 9.05. The molecule has 0 fully saturated rings. The Morgan fingerprint density at radius 3 is 1.00 bits per heavy atom. The van der Waals surface area contributed by atoms with Crippen LogP contribution in [0.2, 0.25) is 0 Å². The molecule has 2 nitrogen and oxygen atoms in total. The van der Waals surface area contributed by atoms with Gasteiger partial charge in [0, 0.05) is 0 Å². The third-order valence-corrected chi connectivity index (χ3v) is 3.52. The zero-order valence-corrected chi connectivity index (χ0v) is 17.5. The molecule has 0 heterocycles. The molecule has 0 amide bonds. The maximum absolute atomic E-state index is 6.19. The van der Waals surface area contributed by atoms with Crippen molar-refractivity contribution in [2.24, 2.45) is 10.8 Å². The zero-order valence-electron chi connectivity index (χ0n) is 17.5. The van der Waals surface area contributed by atoms with Crippen molar-refractivity contribution in [3.63, 3.8) is 0 Å². The predicted molar refractivity (Wildman–Crippen MR) is 104 cm³/mol. The maximum atomic E-state index is 6.19. The smallest absolute Gasteiger partial charge is 0.120 e. The summed E-state index contributed by atoms with van der Waals surface area (Å²) in [5.41, 5.74) is 0.103. The van der Waals surface area contributed by atoms with Gasteiger partial charge in [-0.3, -0.25) is 0 Å². The summed E-state index contributed by atoms with van der Waals surface area (Å²) >= 11 is 0. The molecule has 0 saturated heterocycles. The van der Waals surface area contributed by atoms with Gasteiger partial charge in [-0.15, -0.1) is 0 Å². The van der Waals surface area contributed by atoms with Crippen LogP contribution in [0.3, 0.4) is 0 Å². The van der Waals surface area contributed by atoms with Crippen LogP contribution in [-0.4, -0.2) is 11.2 Å². The lowest BCUT2D eigenvalue weighted by molar-refractivity contribution is 0.0579. The fourth-order valence-corrected chi connectivity index (χ4v) is 3.84. The van der Waals surface area contributed by atoms with E-state index in [0.717, 1.165) is 24.3 Å². The van der Waals surface area contributed by atoms with E-state index in [-0.39, 0.29) is 22.0 Å². The molecule has 2 heteroatoms. The van der Waals surface area contributed by atoms with Gasteiger partial charge < -0.3 is 9.47 Å². The first-order chi connectivity index (χ1) is 10.6. The standard InChI is InChI=1S/C22H38O2/c1-19(2,3)15-21(7,8)23-17-11-13-18(14-12-17)24-22(9,10)16-20(4,5)6/h11-14H,15-16H2,1-10H3. The van der Waals surface area contributed by atoms with E-state index >= 15 is 0 Å². The molecular formula is C22H38O2. The van der Waals surface area contributed by atoms with E-state index in [2.05, 4.69) is 69.2 Å². The van der Waals surface area contributed by atoms with Crippen molar-refractivity contribution in [1.29, 1.82) is 0 Å². The molecule has 0 aromatic heterocycles. The second kappa shape index (κ2) is 6.98. The Hall–Kier alpha value is -1.18. The monoisotopic (exact) mass is 334 g/mol. The van der Waals surface area contributed by atoms with Crippen LogP contribution in [0, 0.1) is 10.8 Å². The topological polar surface area (TPSA) is 18.5 Å². The Bertz CT molecular complexity index is 461. The molecule has 0 bridgehead atoms. The van der Waals surface area contributed by atoms with Gasteiger partial charge in [0.2, 0.25) is 0 Å². The second-order valence-corrected chi connectivity index (χ2v) is 10.7. The van der Waals surface area contributed by atoms with E-state index in [1.807, 2.05) is 24.3 Å². The molecule has 0 aliphatic rings. The molecule has 1 aromatic rings. The Morgan fingerprint density at radius 1 is 0.542 bits per heavy atom. The number of rotatable bonds is 6. The molecule has 1 aromatic carbocycles. The van der Waals surface area contributed by atoms with Crippen LogP contribution < -0.4 is 9.47 Å². The fourth-order valence-electron chi connectivity index (χ4n) is 3.84. The van der Waals surface area contributed by atoms with Gasteiger partial charge in [0.1, 0.15) is 22.7 Å². The van der Waals surface area contributed by atoms with Gasteiger partial charge in [-0.2, -0.15) is 0 Å². The highest BCUT2D eigenvalue weighted by Crippen LogP contribution is 2.33. The highest BCUT2D eigenvalue weighted by molar-refractivity contribution is 5.32. The molecule has 1 rings (SSSR count). The Labute approximate surface area is 149 Å². The highest BCUT2D eigenvalue weighted by Gasteiger charge is 2.28. The average molecular weight is 335 g/mol. The molecule has 0 atom stereocenters. The number of ether oxygens (including phenoxy) is 2. The molecule has 0 unspecified atom stereocenters. The number of benzene rings is 1. The van der Waals surface area contributed by atoms with Crippen LogP contribution in [-0.2, 0) is 0 Å². The minimum absolute atomic E-state index is 0.188. The normalized spacial score (nSPS) is 13.8. The van der Waals surface area contributed by atoms with E-state index in [0.29, 0.717) is 0 Å². The van der Waals surface area contributed by atoms with Crippen molar-refractivity contribution in [2.75, 3.05) is 0 Å². The summed E-state index contributed by atoms with van der Waals surface area (Å²) in [7, 11) is 0. The minimum Gasteiger partial charge on any atom is -0.488 e. The number of hydrogen-bond donors (Lipinski definition) is 0. The molecule has 0 aliphatic carbocycles. The first kappa shape index (κ1) is 20.9. The van der Waals surface area contributed by atoms with E-state index < -0.39 is 0 Å². The lowest BCUT2D eigenvalue weighted by atomic mass is 9.83. The lowest BCUT2D eigenvalue weighted by Crippen LogP contribution is -2.33. The zero-order chi connectivity index (χ0) is 18.8. The predicted octanol–water partition coefficient (Wildman–Crippen LogP) is 6.87. The van der Waals surface area contributed by atoms with Crippen LogP contribution in [0.1, 0.15) is 82.1 Å². The van der Waals surface area contributed by atoms with Crippen LogP contribution in [0.25, 0.3) is 0 Å². The van der Waals surface area contributed by atoms with Crippen molar-refractivity contribution < 1.29 is 9.47 Å². The van der Waals surface area contributed by atoms with Gasteiger partial charge >= 0.3 is 0 Å². The van der Waals surface area contributed by atoms with E-state index in [9.17, 15) is 0 Å². The Balaban J connectivity index is 2.73. The Kier molecular flexibility index (Phi) is 6.07. The largest absolute Gasteiger partial charge is 0.488 e. The second-order valence-electron chi connectivity index (χ2n) is 10.7. The van der Waals surface area contributed by atoms with Gasteiger partial charge in [0.05, 0.1) is 0 Å². The summed E-state index contributed by atoms with van der Waals surface area (Å²) < 4.78 is 12.4. The molecule has 0 N–H and O–H groups in total. The van der Waals surface area contributed by atoms with Gasteiger partial charge in [-0.1, -0.05) is 41.5 Å². The summed E-state index contributed by atoms with van der Waals surface area (Å²) in [4.78, 5) is 0. The number of hydrogen-bond acceptors (Lipinski definition) is 2. The molecule has 0 aliphatic heterocycles. The third kappa shape index (κ3) is 8.61. The highest BCUT2D eigenvalue weighted by atomic mass is 16.5. The van der Waals surface area contributed by atoms with Crippen molar-refractivity contribution in [3.8, 4) is 11.5 Å². The molecule has 24 heavy (non-hydrogen) atoms. The van der Waals surface area contributed by atoms with Crippen molar-refractivity contribution in [3.05, 3.63) is 24.3 Å². The van der Waals surface area contributed by atoms with Crippen molar-refractivity contribution in [2.45, 2.75) is 93.3 Å². The lowest BCUT2D eigenvalue weighted by Gasteiger charge is -2.34. The van der Waals surface area contributed by atoms with E-state index in [1.165, 1.54) is 0 Å². The minimum atomic E-state index is -0.188. The Morgan fingerprint density at radius 2 is 0.792 bits per heavy atom. The summed E-state index contributed by atoms with van der Waals surface area (Å²) in [5, 5.41) is 0. The SMILES string of the molecule is CC(C)(C)CC(C)(C)Oc1ccc(OC(C)(C)CC(C)(C)C)cc1. The molecular weight excluding hydrogens is 296 g/mol. The average Bonchev–Trinajstić information content (AvgIpc) is 2.24. The summed E-state index contributed by atoms with van der Waals surface area (Å²) in [6, 6.07) is 8.03.